The summed E-state index contributed by atoms with van der Waals surface area (Å²) in [6.07, 6.45) is 0. The van der Waals surface area contributed by atoms with Gasteiger partial charge in [0.05, 0.1) is 26.4 Å². The second kappa shape index (κ2) is 13.6. The van der Waals surface area contributed by atoms with Crippen molar-refractivity contribution in [3.8, 4) is 0 Å². The first-order valence-corrected chi connectivity index (χ1v) is 6.24. The Balaban J connectivity index is 0.000000644. The smallest absolute Gasteiger partial charge is 0.0721 e. The molecule has 0 bridgehead atoms. The van der Waals surface area contributed by atoms with E-state index in [4.69, 9.17) is 14.9 Å². The van der Waals surface area contributed by atoms with Gasteiger partial charge in [0.25, 0.3) is 0 Å². The summed E-state index contributed by atoms with van der Waals surface area (Å²) in [5.41, 5.74) is 2.43. The summed E-state index contributed by atoms with van der Waals surface area (Å²) in [6, 6.07) is 20.4. The van der Waals surface area contributed by atoms with Crippen LogP contribution in [0.25, 0.3) is 0 Å². The third-order valence-corrected chi connectivity index (χ3v) is 2.32. The molecule has 2 N–H and O–H groups in total. The fourth-order valence-corrected chi connectivity index (χ4v) is 1.44. The van der Waals surface area contributed by atoms with Gasteiger partial charge in [0, 0.05) is 0 Å². The Kier molecular flexibility index (Phi) is 13.3. The molecule has 0 spiro atoms. The molecule has 2 aromatic rings. The van der Waals surface area contributed by atoms with Crippen LogP contribution < -0.4 is 0 Å². The van der Waals surface area contributed by atoms with E-state index in [0.29, 0.717) is 13.2 Å². The van der Waals surface area contributed by atoms with Crippen molar-refractivity contribution in [2.75, 3.05) is 13.2 Å². The Morgan fingerprint density at radius 1 is 0.650 bits per heavy atom. The zero-order chi connectivity index (χ0) is 13.8. The molecule has 3 nitrogen and oxygen atoms in total. The number of aliphatic hydroxyl groups excluding tert-OH is 2. The number of hydrogen-bond donors (Lipinski definition) is 2. The molecule has 0 saturated heterocycles. The van der Waals surface area contributed by atoms with Crippen LogP contribution in [-0.2, 0) is 18.0 Å². The predicted molar refractivity (Wildman–Crippen MR) is 84.1 cm³/mol. The van der Waals surface area contributed by atoms with Crippen LogP contribution >= 0.6 is 0 Å². The van der Waals surface area contributed by atoms with Crippen LogP contribution in [0.2, 0.25) is 0 Å². The van der Waals surface area contributed by atoms with E-state index in [-0.39, 0.29) is 51.0 Å². The number of rotatable bonds is 5. The third-order valence-electron chi connectivity index (χ3n) is 2.32. The van der Waals surface area contributed by atoms with Crippen LogP contribution in [0.4, 0.5) is 0 Å². The van der Waals surface area contributed by atoms with Crippen LogP contribution in [0.1, 0.15) is 11.1 Å². The van der Waals surface area contributed by atoms with Gasteiger partial charge >= 0.3 is 37.7 Å². The van der Waals surface area contributed by atoms with E-state index in [1.54, 1.807) is 0 Å². The number of hydrogen-bond acceptors (Lipinski definition) is 3. The minimum atomic E-state index is -0.125. The molecule has 0 unspecified atom stereocenters. The van der Waals surface area contributed by atoms with Gasteiger partial charge in [-0.25, -0.2) is 0 Å². The van der Waals surface area contributed by atoms with E-state index in [0.717, 1.165) is 0 Å². The summed E-state index contributed by atoms with van der Waals surface area (Å²) in [6.45, 7) is 1.10. The summed E-state index contributed by atoms with van der Waals surface area (Å²) in [5, 5.41) is 15.2. The van der Waals surface area contributed by atoms with Crippen molar-refractivity contribution in [1.82, 2.24) is 0 Å². The normalized spacial score (nSPS) is 9.10. The maximum Gasteiger partial charge on any atom is 0.0721 e. The van der Waals surface area contributed by atoms with Crippen LogP contribution in [-0.4, -0.2) is 61.2 Å². The van der Waals surface area contributed by atoms with E-state index >= 15 is 0 Å². The van der Waals surface area contributed by atoms with Crippen molar-refractivity contribution in [2.24, 2.45) is 0 Å². The Morgan fingerprint density at radius 2 is 1.00 bits per heavy atom. The molecule has 2 aromatic carbocycles. The molecule has 4 heteroatoms. The number of benzene rings is 2. The van der Waals surface area contributed by atoms with Crippen molar-refractivity contribution in [3.05, 3.63) is 71.8 Å². The molecule has 0 fully saturated rings. The fourth-order valence-electron chi connectivity index (χ4n) is 1.44. The van der Waals surface area contributed by atoms with E-state index in [9.17, 15) is 0 Å². The quantitative estimate of drug-likeness (QED) is 0.822. The van der Waals surface area contributed by atoms with Gasteiger partial charge in [-0.2, -0.15) is 0 Å². The van der Waals surface area contributed by atoms with Crippen molar-refractivity contribution < 1.29 is 14.9 Å². The first-order valence-electron chi connectivity index (χ1n) is 6.24. The molecule has 0 aliphatic rings. The monoisotopic (exact) mass is 302 g/mol. The minimum absolute atomic E-state index is 0. The second-order valence-corrected chi connectivity index (χ2v) is 3.91. The average molecular weight is 302 g/mol. The predicted octanol–water partition coefficient (Wildman–Crippen LogP) is 1.46. The third kappa shape index (κ3) is 9.48. The first kappa shape index (κ1) is 19.6. The van der Waals surface area contributed by atoms with Crippen molar-refractivity contribution in [3.63, 3.8) is 0 Å². The summed E-state index contributed by atoms with van der Waals surface area (Å²) in [5.74, 6) is 0. The van der Waals surface area contributed by atoms with Crippen molar-refractivity contribution in [2.45, 2.75) is 13.2 Å². The summed E-state index contributed by atoms with van der Waals surface area (Å²) < 4.78 is 5.61. The topological polar surface area (TPSA) is 49.7 Å². The molecule has 0 aromatic heterocycles. The van der Waals surface area contributed by atoms with Gasteiger partial charge in [-0.15, -0.1) is 0 Å². The number of aliphatic hydroxyl groups is 2. The van der Waals surface area contributed by atoms with Gasteiger partial charge in [0.2, 0.25) is 0 Å². The zero-order valence-electron chi connectivity index (χ0n) is 10.9. The van der Waals surface area contributed by atoms with Crippen LogP contribution in [0.5, 0.6) is 0 Å². The van der Waals surface area contributed by atoms with Crippen LogP contribution in [0.15, 0.2) is 60.7 Å². The molecule has 0 saturated carbocycles. The molecular formula is C16H22CaO3. The largest absolute Gasteiger partial charge is 0.372 e. The summed E-state index contributed by atoms with van der Waals surface area (Å²) in [4.78, 5) is 0. The van der Waals surface area contributed by atoms with Gasteiger partial charge in [-0.3, -0.25) is 0 Å². The van der Waals surface area contributed by atoms with E-state index < -0.39 is 0 Å². The molecule has 0 radical (unpaired) electrons. The SMILES string of the molecule is OCCO.[CaH2].c1ccc(COCc2ccccc2)cc1. The first-order chi connectivity index (χ1) is 9.36. The Bertz CT molecular complexity index is 379. The van der Waals surface area contributed by atoms with Crippen LogP contribution in [0.3, 0.4) is 0 Å². The molecule has 106 valence electrons. The van der Waals surface area contributed by atoms with Crippen LogP contribution in [0, 0.1) is 0 Å². The zero-order valence-corrected chi connectivity index (χ0v) is 10.9. The minimum Gasteiger partial charge on any atom is -0.372 e. The van der Waals surface area contributed by atoms with Gasteiger partial charge < -0.3 is 14.9 Å². The Hall–Kier alpha value is -0.420. The fraction of sp³-hybridized carbons (Fsp3) is 0.250. The van der Waals surface area contributed by atoms with E-state index in [2.05, 4.69) is 24.3 Å². The van der Waals surface area contributed by atoms with E-state index in [1.807, 2.05) is 36.4 Å². The molecule has 0 heterocycles. The van der Waals surface area contributed by atoms with Crippen molar-refractivity contribution >= 4 is 37.7 Å². The Morgan fingerprint density at radius 3 is 1.30 bits per heavy atom. The summed E-state index contributed by atoms with van der Waals surface area (Å²) >= 11 is 0. The maximum absolute atomic E-state index is 7.62. The average Bonchev–Trinajstić information content (AvgIpc) is 2.50. The number of ether oxygens (including phenoxy) is 1. The molecule has 0 aliphatic heterocycles. The van der Waals surface area contributed by atoms with Gasteiger partial charge in [0.15, 0.2) is 0 Å². The van der Waals surface area contributed by atoms with Gasteiger partial charge in [-0.1, -0.05) is 60.7 Å². The van der Waals surface area contributed by atoms with Gasteiger partial charge in [-0.05, 0) is 11.1 Å². The molecular weight excluding hydrogens is 280 g/mol. The second-order valence-electron chi connectivity index (χ2n) is 3.91. The molecule has 0 atom stereocenters. The van der Waals surface area contributed by atoms with E-state index in [1.165, 1.54) is 11.1 Å². The molecule has 0 amide bonds. The molecule has 0 aliphatic carbocycles. The summed E-state index contributed by atoms with van der Waals surface area (Å²) in [7, 11) is 0. The Labute approximate surface area is 150 Å². The van der Waals surface area contributed by atoms with Gasteiger partial charge in [0.1, 0.15) is 0 Å². The standard InChI is InChI=1S/C14H14O.C2H6O2.Ca.2H/c1-3-7-13(8-4-1)11-15-12-14-9-5-2-6-10-14;3-1-2-4;;;/h1-10H,11-12H2;3-4H,1-2H2;;;. The van der Waals surface area contributed by atoms with Crippen molar-refractivity contribution in [1.29, 1.82) is 0 Å². The molecule has 20 heavy (non-hydrogen) atoms. The molecule has 2 rings (SSSR count). The maximum atomic E-state index is 7.62.